The van der Waals surface area contributed by atoms with Crippen LogP contribution in [-0.4, -0.2) is 0 Å². The second-order valence-electron chi connectivity index (χ2n) is 6.42. The smallest absolute Gasteiger partial charge is 0.0908 e. The van der Waals surface area contributed by atoms with Crippen LogP contribution in [0.15, 0.2) is 17.7 Å². The first-order chi connectivity index (χ1) is 8.59. The van der Waals surface area contributed by atoms with Crippen LogP contribution in [0.4, 0.5) is 0 Å². The van der Waals surface area contributed by atoms with Crippen molar-refractivity contribution >= 4 is 0 Å². The Morgan fingerprint density at radius 3 is 2.95 bits per heavy atom. The first-order valence-electron chi connectivity index (χ1n) is 7.25. The molecule has 0 aromatic rings. The topological polar surface area (TPSA) is 23.8 Å². The summed E-state index contributed by atoms with van der Waals surface area (Å²) in [6.45, 7) is 11.0. The molecule has 0 aromatic heterocycles. The van der Waals surface area contributed by atoms with E-state index in [0.29, 0.717) is 17.3 Å². The molecule has 0 aromatic carbocycles. The van der Waals surface area contributed by atoms with E-state index in [2.05, 4.69) is 19.9 Å². The Morgan fingerprint density at radius 1 is 1.53 bits per heavy atom. The van der Waals surface area contributed by atoms with Gasteiger partial charge in [0.25, 0.3) is 0 Å². The zero-order chi connectivity index (χ0) is 13.2. The predicted molar refractivity (Wildman–Crippen MR) is 74.5 cm³/mol. The Morgan fingerprint density at radius 2 is 2.26 bits per heavy atom. The van der Waals surface area contributed by atoms with Gasteiger partial charge in [-0.2, -0.15) is 5.26 Å². The van der Waals surface area contributed by atoms with Gasteiger partial charge in [-0.25, -0.2) is 0 Å². The number of nitrogens with zero attached hydrogens (tertiary/aromatic N) is 1. The molecule has 2 heteroatoms. The first kappa shape index (κ1) is 17.1. The molecule has 0 amide bonds. The predicted octanol–water partition coefficient (Wildman–Crippen LogP) is 4.67. The Bertz CT molecular complexity index is 393. The number of fused-ring (bicyclic) bond motifs is 1. The third-order valence-corrected chi connectivity index (χ3v) is 5.43. The fourth-order valence-corrected chi connectivity index (χ4v) is 4.51. The van der Waals surface area contributed by atoms with E-state index in [1.165, 1.54) is 31.3 Å². The SMILES string of the molecule is [CH-]=C1CCC[C@@]2(C)C1CC[C@@H]2[C@H](C)C/C=C/C#N.[Y]. The minimum Gasteiger partial charge on any atom is -0.514 e. The summed E-state index contributed by atoms with van der Waals surface area (Å²) in [6.07, 6.45) is 11.0. The summed E-state index contributed by atoms with van der Waals surface area (Å²) in [5.41, 5.74) is 1.67. The number of hydrogen-bond donors (Lipinski definition) is 0. The fraction of sp³-hybridized carbons (Fsp3) is 0.706. The summed E-state index contributed by atoms with van der Waals surface area (Å²) in [7, 11) is 0. The van der Waals surface area contributed by atoms with E-state index in [1.54, 1.807) is 6.08 Å². The molecular formula is C17H24NY-. The van der Waals surface area contributed by atoms with Crippen LogP contribution in [0.2, 0.25) is 0 Å². The fourth-order valence-electron chi connectivity index (χ4n) is 4.51. The van der Waals surface area contributed by atoms with Crippen LogP contribution in [0.1, 0.15) is 52.4 Å². The molecule has 0 N–H and O–H groups in total. The standard InChI is InChI=1S/C17H24N.Y/c1-13(7-4-5-12-18)15-9-10-16-14(2)8-6-11-17(15,16)3;/h2,4-5,13,15-16H,6-11H2,1,3H3;/q-1;/b5-4+;/t13-,15-,16?,17-;/m1./s1. The molecule has 19 heavy (non-hydrogen) atoms. The molecule has 2 fully saturated rings. The molecule has 2 aliphatic carbocycles. The number of allylic oxidation sites excluding steroid dienone is 3. The van der Waals surface area contributed by atoms with Crippen LogP contribution >= 0.6 is 0 Å². The summed E-state index contributed by atoms with van der Waals surface area (Å²) >= 11 is 0. The van der Waals surface area contributed by atoms with Crippen LogP contribution in [-0.2, 0) is 32.7 Å². The van der Waals surface area contributed by atoms with Crippen LogP contribution in [0.5, 0.6) is 0 Å². The molecule has 0 saturated heterocycles. The minimum atomic E-state index is 0. The molecule has 0 aliphatic heterocycles. The van der Waals surface area contributed by atoms with Gasteiger partial charge in [0.05, 0.1) is 6.07 Å². The minimum absolute atomic E-state index is 0. The number of rotatable bonds is 3. The van der Waals surface area contributed by atoms with E-state index in [-0.39, 0.29) is 32.7 Å². The van der Waals surface area contributed by atoms with Crippen molar-refractivity contribution in [3.63, 3.8) is 0 Å². The van der Waals surface area contributed by atoms with Gasteiger partial charge in [0.1, 0.15) is 0 Å². The van der Waals surface area contributed by atoms with E-state index in [1.807, 2.05) is 6.08 Å². The maximum Gasteiger partial charge on any atom is 0.0908 e. The van der Waals surface area contributed by atoms with Crippen molar-refractivity contribution in [2.45, 2.75) is 52.4 Å². The van der Waals surface area contributed by atoms with Gasteiger partial charge in [0, 0.05) is 38.8 Å². The summed E-state index contributed by atoms with van der Waals surface area (Å²) in [6, 6.07) is 2.08. The van der Waals surface area contributed by atoms with E-state index >= 15 is 0 Å². The monoisotopic (exact) mass is 331 g/mol. The van der Waals surface area contributed by atoms with Gasteiger partial charge in [0.15, 0.2) is 0 Å². The molecule has 1 radical (unpaired) electrons. The number of nitriles is 1. The van der Waals surface area contributed by atoms with Gasteiger partial charge >= 0.3 is 0 Å². The largest absolute Gasteiger partial charge is 0.514 e. The van der Waals surface area contributed by atoms with Crippen LogP contribution in [0, 0.1) is 41.1 Å². The Labute approximate surface area is 143 Å². The maximum absolute atomic E-state index is 8.56. The molecule has 101 valence electrons. The zero-order valence-corrected chi connectivity index (χ0v) is 15.1. The normalized spacial score (nSPS) is 35.5. The van der Waals surface area contributed by atoms with Crippen molar-refractivity contribution in [3.8, 4) is 6.07 Å². The molecule has 2 saturated carbocycles. The molecule has 0 spiro atoms. The maximum atomic E-state index is 8.56. The third-order valence-electron chi connectivity index (χ3n) is 5.43. The Kier molecular flexibility index (Phi) is 6.48. The summed E-state index contributed by atoms with van der Waals surface area (Å²) in [5.74, 6) is 2.08. The van der Waals surface area contributed by atoms with Crippen molar-refractivity contribution in [1.29, 1.82) is 5.26 Å². The quantitative estimate of drug-likeness (QED) is 0.545. The second kappa shape index (κ2) is 7.19. The van der Waals surface area contributed by atoms with Gasteiger partial charge in [-0.15, -0.1) is 0 Å². The van der Waals surface area contributed by atoms with Gasteiger partial charge in [-0.1, -0.05) is 32.8 Å². The van der Waals surface area contributed by atoms with E-state index in [0.717, 1.165) is 18.8 Å². The second-order valence-corrected chi connectivity index (χ2v) is 6.42. The van der Waals surface area contributed by atoms with Crippen molar-refractivity contribution in [2.75, 3.05) is 0 Å². The molecule has 1 nitrogen and oxygen atoms in total. The van der Waals surface area contributed by atoms with Gasteiger partial charge in [-0.05, 0) is 48.9 Å². The van der Waals surface area contributed by atoms with Crippen molar-refractivity contribution in [1.82, 2.24) is 0 Å². The molecule has 2 aliphatic rings. The average molecular weight is 331 g/mol. The molecule has 1 unspecified atom stereocenters. The average Bonchev–Trinajstić information content (AvgIpc) is 2.68. The van der Waals surface area contributed by atoms with Crippen molar-refractivity contribution in [2.24, 2.45) is 23.2 Å². The zero-order valence-electron chi connectivity index (χ0n) is 12.2. The third kappa shape index (κ3) is 3.40. The first-order valence-corrected chi connectivity index (χ1v) is 7.25. The number of hydrogen-bond acceptors (Lipinski definition) is 1. The van der Waals surface area contributed by atoms with Crippen LogP contribution < -0.4 is 0 Å². The summed E-state index contributed by atoms with van der Waals surface area (Å²) in [4.78, 5) is 0. The summed E-state index contributed by atoms with van der Waals surface area (Å²) < 4.78 is 0. The van der Waals surface area contributed by atoms with Crippen molar-refractivity contribution < 1.29 is 32.7 Å². The van der Waals surface area contributed by atoms with Gasteiger partial charge in [-0.3, -0.25) is 5.57 Å². The van der Waals surface area contributed by atoms with Crippen molar-refractivity contribution in [3.05, 3.63) is 24.3 Å². The van der Waals surface area contributed by atoms with Crippen LogP contribution in [0.3, 0.4) is 0 Å². The molecule has 4 atom stereocenters. The van der Waals surface area contributed by atoms with Gasteiger partial charge < -0.3 is 6.58 Å². The molecule has 0 heterocycles. The summed E-state index contributed by atoms with van der Waals surface area (Å²) in [5, 5.41) is 8.56. The van der Waals surface area contributed by atoms with E-state index < -0.39 is 0 Å². The Hall–Kier alpha value is 0.0739. The molecular weight excluding hydrogens is 307 g/mol. The van der Waals surface area contributed by atoms with Crippen LogP contribution in [0.25, 0.3) is 0 Å². The van der Waals surface area contributed by atoms with E-state index in [9.17, 15) is 0 Å². The molecule has 2 rings (SSSR count). The molecule has 0 bridgehead atoms. The van der Waals surface area contributed by atoms with E-state index in [4.69, 9.17) is 11.8 Å². The Balaban J connectivity index is 0.00000180. The van der Waals surface area contributed by atoms with Gasteiger partial charge in [0.2, 0.25) is 0 Å².